The van der Waals surface area contributed by atoms with Gasteiger partial charge < -0.3 is 10.1 Å². The zero-order chi connectivity index (χ0) is 13.5. The molecule has 0 saturated heterocycles. The number of nitrogens with one attached hydrogen (secondary N) is 1. The SMILES string of the molecule is COC(=O)c1cccc(C)c1NC=C(C#N)C#N. The molecule has 90 valence electrons. The minimum Gasteiger partial charge on any atom is -0.465 e. The maximum atomic E-state index is 11.6. The lowest BCUT2D eigenvalue weighted by molar-refractivity contribution is 0.0602. The van der Waals surface area contributed by atoms with Crippen molar-refractivity contribution in [1.82, 2.24) is 0 Å². The van der Waals surface area contributed by atoms with Crippen LogP contribution in [0.15, 0.2) is 30.0 Å². The molecule has 0 fully saturated rings. The largest absolute Gasteiger partial charge is 0.465 e. The summed E-state index contributed by atoms with van der Waals surface area (Å²) in [7, 11) is 1.29. The molecule has 1 rings (SSSR count). The normalized spacial score (nSPS) is 8.67. The Labute approximate surface area is 105 Å². The number of methoxy groups -OCH3 is 1. The number of anilines is 1. The van der Waals surface area contributed by atoms with Gasteiger partial charge in [-0.05, 0) is 18.6 Å². The van der Waals surface area contributed by atoms with Crippen LogP contribution >= 0.6 is 0 Å². The zero-order valence-corrected chi connectivity index (χ0v) is 10.0. The van der Waals surface area contributed by atoms with E-state index in [0.717, 1.165) is 5.56 Å². The van der Waals surface area contributed by atoms with Crippen LogP contribution in [0.5, 0.6) is 0 Å². The third-order valence-corrected chi connectivity index (χ3v) is 2.28. The Hall–Kier alpha value is -2.79. The number of para-hydroxylation sites is 1. The minimum atomic E-state index is -0.481. The molecule has 18 heavy (non-hydrogen) atoms. The molecule has 0 unspecified atom stereocenters. The number of nitriles is 2. The van der Waals surface area contributed by atoms with Crippen LogP contribution in [-0.4, -0.2) is 13.1 Å². The van der Waals surface area contributed by atoms with Crippen LogP contribution < -0.4 is 5.32 Å². The van der Waals surface area contributed by atoms with E-state index in [1.807, 2.05) is 0 Å². The second-order valence-corrected chi connectivity index (χ2v) is 3.42. The number of carbonyl (C=O) groups is 1. The van der Waals surface area contributed by atoms with E-state index in [2.05, 4.69) is 10.1 Å². The highest BCUT2D eigenvalue weighted by Gasteiger charge is 2.12. The molecule has 0 amide bonds. The molecule has 0 aromatic heterocycles. The average molecular weight is 241 g/mol. The smallest absolute Gasteiger partial charge is 0.339 e. The van der Waals surface area contributed by atoms with Crippen molar-refractivity contribution in [3.05, 3.63) is 41.1 Å². The molecule has 1 N–H and O–H groups in total. The van der Waals surface area contributed by atoms with Gasteiger partial charge in [-0.2, -0.15) is 10.5 Å². The predicted octanol–water partition coefficient (Wildman–Crippen LogP) is 2.12. The number of esters is 1. The summed E-state index contributed by atoms with van der Waals surface area (Å²) in [5.41, 5.74) is 1.61. The Morgan fingerprint density at radius 1 is 1.39 bits per heavy atom. The Bertz CT molecular complexity index is 561. The summed E-state index contributed by atoms with van der Waals surface area (Å²) < 4.78 is 4.66. The first kappa shape index (κ1) is 13.3. The zero-order valence-electron chi connectivity index (χ0n) is 10.0. The number of benzene rings is 1. The van der Waals surface area contributed by atoms with Crippen LogP contribution in [0.2, 0.25) is 0 Å². The standard InChI is InChI=1S/C13H11N3O2/c1-9-4-3-5-11(13(17)18-2)12(9)16-8-10(6-14)7-15/h3-5,8,16H,1-2H3. The quantitative estimate of drug-likeness (QED) is 0.647. The molecule has 0 aliphatic carbocycles. The van der Waals surface area contributed by atoms with Crippen molar-refractivity contribution >= 4 is 11.7 Å². The van der Waals surface area contributed by atoms with Gasteiger partial charge in [-0.25, -0.2) is 4.79 Å². The monoisotopic (exact) mass is 241 g/mol. The van der Waals surface area contributed by atoms with Crippen LogP contribution in [0.25, 0.3) is 0 Å². The third-order valence-electron chi connectivity index (χ3n) is 2.28. The van der Waals surface area contributed by atoms with E-state index in [-0.39, 0.29) is 5.57 Å². The van der Waals surface area contributed by atoms with Crippen LogP contribution in [-0.2, 0) is 4.74 Å². The lowest BCUT2D eigenvalue weighted by Crippen LogP contribution is -2.06. The number of nitrogens with zero attached hydrogens (tertiary/aromatic N) is 2. The van der Waals surface area contributed by atoms with Crippen molar-refractivity contribution in [2.24, 2.45) is 0 Å². The maximum Gasteiger partial charge on any atom is 0.339 e. The predicted molar refractivity (Wildman–Crippen MR) is 65.5 cm³/mol. The van der Waals surface area contributed by atoms with Gasteiger partial charge in [-0.1, -0.05) is 12.1 Å². The summed E-state index contributed by atoms with van der Waals surface area (Å²) in [6.45, 7) is 1.81. The fraction of sp³-hybridized carbons (Fsp3) is 0.154. The molecule has 0 spiro atoms. The molecule has 0 aliphatic heterocycles. The molecular weight excluding hydrogens is 230 g/mol. The number of hydrogen-bond acceptors (Lipinski definition) is 5. The summed E-state index contributed by atoms with van der Waals surface area (Å²) in [6.07, 6.45) is 1.26. The van der Waals surface area contributed by atoms with E-state index < -0.39 is 5.97 Å². The van der Waals surface area contributed by atoms with Crippen LogP contribution in [0.4, 0.5) is 5.69 Å². The molecule has 0 bridgehead atoms. The second kappa shape index (κ2) is 6.07. The topological polar surface area (TPSA) is 85.9 Å². The molecule has 1 aromatic rings. The van der Waals surface area contributed by atoms with Crippen molar-refractivity contribution < 1.29 is 9.53 Å². The Balaban J connectivity index is 3.17. The fourth-order valence-corrected chi connectivity index (χ4v) is 1.37. The highest BCUT2D eigenvalue weighted by atomic mass is 16.5. The Morgan fingerprint density at radius 2 is 2.06 bits per heavy atom. The van der Waals surface area contributed by atoms with Gasteiger partial charge in [-0.3, -0.25) is 0 Å². The van der Waals surface area contributed by atoms with Gasteiger partial charge in [0.1, 0.15) is 17.7 Å². The van der Waals surface area contributed by atoms with E-state index >= 15 is 0 Å². The fourth-order valence-electron chi connectivity index (χ4n) is 1.37. The number of ether oxygens (including phenoxy) is 1. The van der Waals surface area contributed by atoms with Crippen LogP contribution in [0.1, 0.15) is 15.9 Å². The average Bonchev–Trinajstić information content (AvgIpc) is 2.40. The van der Waals surface area contributed by atoms with Gasteiger partial charge in [0.25, 0.3) is 0 Å². The number of allylic oxidation sites excluding steroid dienone is 1. The molecule has 0 saturated carbocycles. The van der Waals surface area contributed by atoms with Crippen molar-refractivity contribution in [1.29, 1.82) is 10.5 Å². The van der Waals surface area contributed by atoms with Crippen LogP contribution in [0, 0.1) is 29.6 Å². The highest BCUT2D eigenvalue weighted by Crippen LogP contribution is 2.21. The molecule has 5 heteroatoms. The number of carbonyl (C=O) groups excluding carboxylic acids is 1. The summed E-state index contributed by atoms with van der Waals surface area (Å²) in [4.78, 5) is 11.6. The molecule has 0 aliphatic rings. The number of aryl methyl sites for hydroxylation is 1. The van der Waals surface area contributed by atoms with E-state index in [4.69, 9.17) is 10.5 Å². The van der Waals surface area contributed by atoms with Gasteiger partial charge in [0.15, 0.2) is 0 Å². The summed E-state index contributed by atoms with van der Waals surface area (Å²) in [6, 6.07) is 8.59. The van der Waals surface area contributed by atoms with E-state index in [1.165, 1.54) is 13.3 Å². The van der Waals surface area contributed by atoms with Gasteiger partial charge in [0, 0.05) is 6.20 Å². The van der Waals surface area contributed by atoms with E-state index in [9.17, 15) is 4.79 Å². The van der Waals surface area contributed by atoms with Gasteiger partial charge in [0.2, 0.25) is 0 Å². The molecule has 0 atom stereocenters. The van der Waals surface area contributed by atoms with E-state index in [1.54, 1.807) is 37.3 Å². The first-order valence-corrected chi connectivity index (χ1v) is 5.09. The molecule has 0 radical (unpaired) electrons. The number of rotatable bonds is 3. The van der Waals surface area contributed by atoms with Crippen molar-refractivity contribution in [2.45, 2.75) is 6.92 Å². The molecule has 0 heterocycles. The first-order valence-electron chi connectivity index (χ1n) is 5.09. The highest BCUT2D eigenvalue weighted by molar-refractivity contribution is 5.96. The van der Waals surface area contributed by atoms with Crippen molar-refractivity contribution in [3.8, 4) is 12.1 Å². The second-order valence-electron chi connectivity index (χ2n) is 3.42. The maximum absolute atomic E-state index is 11.6. The molecule has 5 nitrogen and oxygen atoms in total. The molecule has 1 aromatic carbocycles. The first-order chi connectivity index (χ1) is 8.63. The lowest BCUT2D eigenvalue weighted by atomic mass is 10.1. The summed E-state index contributed by atoms with van der Waals surface area (Å²) in [5.74, 6) is -0.481. The molecular formula is C13H11N3O2. The Kier molecular flexibility index (Phi) is 4.48. The summed E-state index contributed by atoms with van der Waals surface area (Å²) in [5, 5.41) is 20.0. The van der Waals surface area contributed by atoms with Crippen molar-refractivity contribution in [2.75, 3.05) is 12.4 Å². The lowest BCUT2D eigenvalue weighted by Gasteiger charge is -2.10. The van der Waals surface area contributed by atoms with Gasteiger partial charge >= 0.3 is 5.97 Å². The third kappa shape index (κ3) is 2.87. The Morgan fingerprint density at radius 3 is 2.61 bits per heavy atom. The summed E-state index contributed by atoms with van der Waals surface area (Å²) >= 11 is 0. The van der Waals surface area contributed by atoms with Gasteiger partial charge in [0.05, 0.1) is 18.4 Å². The van der Waals surface area contributed by atoms with E-state index in [0.29, 0.717) is 11.3 Å². The van der Waals surface area contributed by atoms with Crippen LogP contribution in [0.3, 0.4) is 0 Å². The van der Waals surface area contributed by atoms with Crippen molar-refractivity contribution in [3.63, 3.8) is 0 Å². The number of hydrogen-bond donors (Lipinski definition) is 1. The van der Waals surface area contributed by atoms with Gasteiger partial charge in [-0.15, -0.1) is 0 Å². The minimum absolute atomic E-state index is 0.0749.